The van der Waals surface area contributed by atoms with Crippen LogP contribution in [0, 0.1) is 5.92 Å². The molecule has 0 saturated carbocycles. The van der Waals surface area contributed by atoms with Gasteiger partial charge in [0.1, 0.15) is 5.69 Å². The molecule has 2 N–H and O–H groups in total. The van der Waals surface area contributed by atoms with Crippen molar-refractivity contribution in [1.29, 1.82) is 0 Å². The maximum atomic E-state index is 11.8. The highest BCUT2D eigenvalue weighted by molar-refractivity contribution is 5.92. The smallest absolute Gasteiger partial charge is 0.305 e. The Labute approximate surface area is 99.6 Å². The topological polar surface area (TPSA) is 84.2 Å². The number of hydrogen-bond acceptors (Lipinski definition) is 3. The number of carbonyl (C=O) groups excluding carboxylic acids is 1. The molecule has 0 spiro atoms. The second kappa shape index (κ2) is 5.47. The molecular formula is C11H17N3O3. The molecule has 1 aromatic heterocycles. The molecule has 94 valence electrons. The standard InChI is InChI=1S/C11H17N3O3/c1-7(2)9(6-10(15)16)12-11(17)8-4-5-14(3)13-8/h4-5,7,9H,6H2,1-3H3,(H,12,17)(H,15,16). The lowest BCUT2D eigenvalue weighted by Gasteiger charge is -2.19. The summed E-state index contributed by atoms with van der Waals surface area (Å²) >= 11 is 0. The molecular weight excluding hydrogens is 222 g/mol. The van der Waals surface area contributed by atoms with E-state index in [1.165, 1.54) is 4.68 Å². The number of aryl methyl sites for hydroxylation is 1. The Morgan fingerprint density at radius 1 is 1.53 bits per heavy atom. The lowest BCUT2D eigenvalue weighted by atomic mass is 10.0. The minimum atomic E-state index is -0.926. The van der Waals surface area contributed by atoms with Crippen LogP contribution in [0.15, 0.2) is 12.3 Å². The van der Waals surface area contributed by atoms with Crippen LogP contribution >= 0.6 is 0 Å². The molecule has 0 aliphatic carbocycles. The van der Waals surface area contributed by atoms with Crippen LogP contribution in [0.25, 0.3) is 0 Å². The first-order valence-corrected chi connectivity index (χ1v) is 5.42. The van der Waals surface area contributed by atoms with Gasteiger partial charge in [-0.25, -0.2) is 0 Å². The zero-order valence-electron chi connectivity index (χ0n) is 10.2. The zero-order chi connectivity index (χ0) is 13.0. The van der Waals surface area contributed by atoms with E-state index in [1.807, 2.05) is 13.8 Å². The first-order chi connectivity index (χ1) is 7.90. The van der Waals surface area contributed by atoms with Crippen LogP contribution in [0.2, 0.25) is 0 Å². The fraction of sp³-hybridized carbons (Fsp3) is 0.545. The number of nitrogens with zero attached hydrogens (tertiary/aromatic N) is 2. The van der Waals surface area contributed by atoms with E-state index in [0.717, 1.165) is 0 Å². The number of carbonyl (C=O) groups is 2. The summed E-state index contributed by atoms with van der Waals surface area (Å²) in [5.41, 5.74) is 0.295. The minimum absolute atomic E-state index is 0.0544. The Kier molecular flexibility index (Phi) is 4.25. The second-order valence-electron chi connectivity index (χ2n) is 4.30. The van der Waals surface area contributed by atoms with Gasteiger partial charge in [0.2, 0.25) is 0 Å². The van der Waals surface area contributed by atoms with E-state index >= 15 is 0 Å². The summed E-state index contributed by atoms with van der Waals surface area (Å²) in [6.45, 7) is 3.73. The lowest BCUT2D eigenvalue weighted by Crippen LogP contribution is -2.40. The predicted molar refractivity (Wildman–Crippen MR) is 61.6 cm³/mol. The van der Waals surface area contributed by atoms with Crippen molar-refractivity contribution in [2.24, 2.45) is 13.0 Å². The molecule has 1 heterocycles. The first kappa shape index (κ1) is 13.2. The molecule has 0 aliphatic heterocycles. The number of aliphatic carboxylic acids is 1. The van der Waals surface area contributed by atoms with Crippen LogP contribution in [-0.2, 0) is 11.8 Å². The van der Waals surface area contributed by atoms with Crippen molar-refractivity contribution < 1.29 is 14.7 Å². The summed E-state index contributed by atoms with van der Waals surface area (Å²) in [6, 6.07) is 1.20. The number of carboxylic acid groups (broad SMARTS) is 1. The van der Waals surface area contributed by atoms with E-state index < -0.39 is 5.97 Å². The molecule has 6 heteroatoms. The van der Waals surface area contributed by atoms with Crippen molar-refractivity contribution in [3.8, 4) is 0 Å². The maximum absolute atomic E-state index is 11.8. The number of hydrogen-bond donors (Lipinski definition) is 2. The zero-order valence-corrected chi connectivity index (χ0v) is 10.2. The highest BCUT2D eigenvalue weighted by Gasteiger charge is 2.20. The number of nitrogens with one attached hydrogen (secondary N) is 1. The summed E-state index contributed by atoms with van der Waals surface area (Å²) in [7, 11) is 1.72. The lowest BCUT2D eigenvalue weighted by molar-refractivity contribution is -0.137. The van der Waals surface area contributed by atoms with Crippen molar-refractivity contribution in [3.05, 3.63) is 18.0 Å². The third-order valence-corrected chi connectivity index (χ3v) is 2.46. The molecule has 1 atom stereocenters. The maximum Gasteiger partial charge on any atom is 0.305 e. The summed E-state index contributed by atoms with van der Waals surface area (Å²) in [5.74, 6) is -1.21. The fourth-order valence-corrected chi connectivity index (χ4v) is 1.42. The van der Waals surface area contributed by atoms with Gasteiger partial charge in [-0.3, -0.25) is 14.3 Å². The SMILES string of the molecule is CC(C)C(CC(=O)O)NC(=O)c1ccn(C)n1. The molecule has 1 rings (SSSR count). The first-order valence-electron chi connectivity index (χ1n) is 5.42. The van der Waals surface area contributed by atoms with Crippen LogP contribution in [0.3, 0.4) is 0 Å². The van der Waals surface area contributed by atoms with E-state index in [9.17, 15) is 9.59 Å². The van der Waals surface area contributed by atoms with E-state index in [-0.39, 0.29) is 24.3 Å². The normalized spacial score (nSPS) is 12.5. The Morgan fingerprint density at radius 3 is 2.59 bits per heavy atom. The summed E-state index contributed by atoms with van der Waals surface area (Å²) < 4.78 is 1.52. The van der Waals surface area contributed by atoms with Gasteiger partial charge >= 0.3 is 5.97 Å². The van der Waals surface area contributed by atoms with Crippen molar-refractivity contribution in [1.82, 2.24) is 15.1 Å². The summed E-state index contributed by atoms with van der Waals surface area (Å²) in [6.07, 6.45) is 1.58. The van der Waals surface area contributed by atoms with E-state index in [1.54, 1.807) is 19.3 Å². The van der Waals surface area contributed by atoms with Gasteiger partial charge in [-0.2, -0.15) is 5.10 Å². The van der Waals surface area contributed by atoms with Crippen LogP contribution in [0.4, 0.5) is 0 Å². The van der Waals surface area contributed by atoms with Crippen LogP contribution in [0.1, 0.15) is 30.8 Å². The van der Waals surface area contributed by atoms with Crippen molar-refractivity contribution in [2.75, 3.05) is 0 Å². The highest BCUT2D eigenvalue weighted by Crippen LogP contribution is 2.07. The van der Waals surface area contributed by atoms with Gasteiger partial charge in [-0.05, 0) is 12.0 Å². The predicted octanol–water partition coefficient (Wildman–Crippen LogP) is 0.649. The van der Waals surface area contributed by atoms with Gasteiger partial charge in [-0.1, -0.05) is 13.8 Å². The number of rotatable bonds is 5. The molecule has 0 radical (unpaired) electrons. The van der Waals surface area contributed by atoms with Gasteiger partial charge in [0.05, 0.1) is 6.42 Å². The van der Waals surface area contributed by atoms with Gasteiger partial charge in [0.25, 0.3) is 5.91 Å². The van der Waals surface area contributed by atoms with Crippen molar-refractivity contribution in [2.45, 2.75) is 26.3 Å². The second-order valence-corrected chi connectivity index (χ2v) is 4.30. The molecule has 0 aromatic carbocycles. The average Bonchev–Trinajstić information content (AvgIpc) is 2.63. The largest absolute Gasteiger partial charge is 0.481 e. The molecule has 1 aromatic rings. The minimum Gasteiger partial charge on any atom is -0.481 e. The molecule has 0 fully saturated rings. The molecule has 0 saturated heterocycles. The average molecular weight is 239 g/mol. The Hall–Kier alpha value is -1.85. The third-order valence-electron chi connectivity index (χ3n) is 2.46. The molecule has 6 nitrogen and oxygen atoms in total. The number of aromatic nitrogens is 2. The van der Waals surface area contributed by atoms with Gasteiger partial charge in [0, 0.05) is 19.3 Å². The Bertz CT molecular complexity index is 412. The summed E-state index contributed by atoms with van der Waals surface area (Å²) in [4.78, 5) is 22.4. The van der Waals surface area contributed by atoms with Crippen LogP contribution in [-0.4, -0.2) is 32.8 Å². The van der Waals surface area contributed by atoms with Gasteiger partial charge in [-0.15, -0.1) is 0 Å². The van der Waals surface area contributed by atoms with Gasteiger partial charge in [0.15, 0.2) is 0 Å². The number of carboxylic acids is 1. The van der Waals surface area contributed by atoms with Crippen LogP contribution in [0.5, 0.6) is 0 Å². The molecule has 17 heavy (non-hydrogen) atoms. The molecule has 0 bridgehead atoms. The monoisotopic (exact) mass is 239 g/mol. The van der Waals surface area contributed by atoms with Crippen molar-refractivity contribution in [3.63, 3.8) is 0 Å². The fourth-order valence-electron chi connectivity index (χ4n) is 1.42. The quantitative estimate of drug-likeness (QED) is 0.790. The molecule has 0 aliphatic rings. The van der Waals surface area contributed by atoms with E-state index in [0.29, 0.717) is 5.69 Å². The van der Waals surface area contributed by atoms with E-state index in [4.69, 9.17) is 5.11 Å². The van der Waals surface area contributed by atoms with Gasteiger partial charge < -0.3 is 10.4 Å². The highest BCUT2D eigenvalue weighted by atomic mass is 16.4. The van der Waals surface area contributed by atoms with Crippen LogP contribution < -0.4 is 5.32 Å². The molecule has 1 unspecified atom stereocenters. The van der Waals surface area contributed by atoms with E-state index in [2.05, 4.69) is 10.4 Å². The van der Waals surface area contributed by atoms with Crippen molar-refractivity contribution >= 4 is 11.9 Å². The summed E-state index contributed by atoms with van der Waals surface area (Å²) in [5, 5.41) is 15.4. The Balaban J connectivity index is 2.67. The molecule has 1 amide bonds. The Morgan fingerprint density at radius 2 is 2.18 bits per heavy atom. The third kappa shape index (κ3) is 3.90. The number of amides is 1.